The lowest BCUT2D eigenvalue weighted by molar-refractivity contribution is -0.125. The Morgan fingerprint density at radius 3 is 2.63 bits per heavy atom. The highest BCUT2D eigenvalue weighted by Crippen LogP contribution is 2.28. The van der Waals surface area contributed by atoms with Gasteiger partial charge in [0.25, 0.3) is 0 Å². The van der Waals surface area contributed by atoms with Crippen LogP contribution in [0.1, 0.15) is 51.9 Å². The Kier molecular flexibility index (Phi) is 7.38. The van der Waals surface area contributed by atoms with Gasteiger partial charge in [-0.1, -0.05) is 24.7 Å². The number of aromatic nitrogens is 3. The van der Waals surface area contributed by atoms with Crippen molar-refractivity contribution in [2.24, 2.45) is 5.92 Å². The van der Waals surface area contributed by atoms with E-state index in [2.05, 4.69) is 32.2 Å². The summed E-state index contributed by atoms with van der Waals surface area (Å²) >= 11 is 1.60. The number of carbonyl (C=O) groups excluding carboxylic acids is 1. The number of rotatable bonds is 8. The smallest absolute Gasteiger partial charge is 0.223 e. The number of hydrogen-bond acceptors (Lipinski definition) is 6. The van der Waals surface area contributed by atoms with Crippen LogP contribution >= 0.6 is 11.3 Å². The molecule has 0 radical (unpaired) electrons. The molecule has 0 aliphatic carbocycles. The molecule has 1 N–H and O–H groups in total. The van der Waals surface area contributed by atoms with Crippen LogP contribution in [-0.2, 0) is 4.79 Å². The van der Waals surface area contributed by atoms with Crippen molar-refractivity contribution >= 4 is 22.4 Å². The summed E-state index contributed by atoms with van der Waals surface area (Å²) in [5.74, 6) is 0.349. The van der Waals surface area contributed by atoms with E-state index in [0.29, 0.717) is 0 Å². The first-order chi connectivity index (χ1) is 14.7. The van der Waals surface area contributed by atoms with Crippen molar-refractivity contribution in [3.05, 3.63) is 24.5 Å². The Hall–Kier alpha value is -1.93. The van der Waals surface area contributed by atoms with E-state index in [-0.39, 0.29) is 11.8 Å². The van der Waals surface area contributed by atoms with Gasteiger partial charge in [0, 0.05) is 50.5 Å². The van der Waals surface area contributed by atoms with Crippen LogP contribution in [0.5, 0.6) is 0 Å². The van der Waals surface area contributed by atoms with Crippen LogP contribution in [0, 0.1) is 5.92 Å². The minimum Gasteiger partial charge on any atom is -0.356 e. The number of hydrogen-bond donors (Lipinski definition) is 1. The second kappa shape index (κ2) is 10.4. The second-order valence-electron chi connectivity index (χ2n) is 8.46. The second-order valence-corrected chi connectivity index (χ2v) is 9.39. The van der Waals surface area contributed by atoms with Gasteiger partial charge in [-0.25, -0.2) is 0 Å². The van der Waals surface area contributed by atoms with E-state index in [1.54, 1.807) is 11.3 Å². The maximum Gasteiger partial charge on any atom is 0.223 e. The highest BCUT2D eigenvalue weighted by atomic mass is 32.1. The fraction of sp³-hybridized carbons (Fsp3) is 0.682. The maximum atomic E-state index is 12.6. The predicted molar refractivity (Wildman–Crippen MR) is 121 cm³/mol. The topological polar surface area (TPSA) is 66.3 Å². The van der Waals surface area contributed by atoms with Crippen molar-refractivity contribution in [3.63, 3.8) is 0 Å². The minimum absolute atomic E-state index is 0.122. The van der Waals surface area contributed by atoms with Crippen LogP contribution in [0.3, 0.4) is 0 Å². The summed E-state index contributed by atoms with van der Waals surface area (Å²) < 4.78 is 1.98. The van der Waals surface area contributed by atoms with Gasteiger partial charge in [-0.3, -0.25) is 9.36 Å². The van der Waals surface area contributed by atoms with Crippen molar-refractivity contribution in [1.29, 1.82) is 0 Å². The molecular formula is C22H34N6OS. The van der Waals surface area contributed by atoms with Gasteiger partial charge >= 0.3 is 0 Å². The lowest BCUT2D eigenvalue weighted by atomic mass is 9.96. The average molecular weight is 431 g/mol. The molecule has 2 saturated heterocycles. The van der Waals surface area contributed by atoms with Gasteiger partial charge in [0.15, 0.2) is 0 Å². The average Bonchev–Trinajstić information content (AvgIpc) is 3.49. The summed E-state index contributed by atoms with van der Waals surface area (Å²) in [5.41, 5.74) is 0. The van der Waals surface area contributed by atoms with E-state index in [9.17, 15) is 4.79 Å². The number of carbonyl (C=O) groups is 1. The molecule has 8 heteroatoms. The van der Waals surface area contributed by atoms with Crippen LogP contribution in [0.2, 0.25) is 0 Å². The van der Waals surface area contributed by atoms with Gasteiger partial charge in [0.2, 0.25) is 16.2 Å². The molecule has 2 aromatic rings. The molecule has 2 aromatic heterocycles. The Labute approximate surface area is 183 Å². The molecule has 0 aromatic carbocycles. The molecule has 4 rings (SSSR count). The van der Waals surface area contributed by atoms with Gasteiger partial charge in [0.05, 0.1) is 0 Å². The van der Waals surface area contributed by atoms with Gasteiger partial charge in [-0.2, -0.15) is 0 Å². The molecule has 0 bridgehead atoms. The molecule has 1 amide bonds. The van der Waals surface area contributed by atoms with Gasteiger partial charge in [-0.05, 0) is 57.2 Å². The minimum atomic E-state index is 0.122. The Morgan fingerprint density at radius 1 is 1.10 bits per heavy atom. The monoisotopic (exact) mass is 430 g/mol. The summed E-state index contributed by atoms with van der Waals surface area (Å²) in [5, 5.41) is 13.7. The van der Waals surface area contributed by atoms with E-state index < -0.39 is 0 Å². The van der Waals surface area contributed by atoms with Crippen molar-refractivity contribution in [2.45, 2.75) is 57.9 Å². The normalized spacial score (nSPS) is 21.1. The van der Waals surface area contributed by atoms with Crippen molar-refractivity contribution < 1.29 is 4.79 Å². The third-order valence-electron chi connectivity index (χ3n) is 6.51. The first-order valence-corrected chi connectivity index (χ1v) is 12.3. The van der Waals surface area contributed by atoms with Crippen LogP contribution in [0.15, 0.2) is 24.5 Å². The molecule has 2 aliphatic heterocycles. The molecule has 0 spiro atoms. The number of likely N-dealkylation sites (tertiary alicyclic amines) is 1. The summed E-state index contributed by atoms with van der Waals surface area (Å²) in [7, 11) is 0. The third-order valence-corrected chi connectivity index (χ3v) is 7.50. The van der Waals surface area contributed by atoms with Gasteiger partial charge in [-0.15, -0.1) is 10.2 Å². The lowest BCUT2D eigenvalue weighted by Gasteiger charge is -2.35. The van der Waals surface area contributed by atoms with Crippen molar-refractivity contribution in [3.8, 4) is 5.13 Å². The zero-order chi connectivity index (χ0) is 20.8. The third kappa shape index (κ3) is 5.21. The quantitative estimate of drug-likeness (QED) is 0.651. The molecule has 30 heavy (non-hydrogen) atoms. The number of nitrogens with zero attached hydrogens (tertiary/aromatic N) is 5. The highest BCUT2D eigenvalue weighted by molar-refractivity contribution is 7.17. The predicted octanol–water partition coefficient (Wildman–Crippen LogP) is 3.32. The molecule has 0 unspecified atom stereocenters. The zero-order valence-electron chi connectivity index (χ0n) is 18.0. The number of amides is 1. The number of piperidine rings is 2. The summed E-state index contributed by atoms with van der Waals surface area (Å²) in [6, 6.07) is 4.72. The molecule has 1 atom stereocenters. The Morgan fingerprint density at radius 2 is 1.87 bits per heavy atom. The van der Waals surface area contributed by atoms with Crippen LogP contribution in [0.25, 0.3) is 5.13 Å². The van der Waals surface area contributed by atoms with Crippen LogP contribution in [0.4, 0.5) is 5.13 Å². The molecular weight excluding hydrogens is 396 g/mol. The van der Waals surface area contributed by atoms with E-state index in [0.717, 1.165) is 61.7 Å². The van der Waals surface area contributed by atoms with E-state index >= 15 is 0 Å². The first kappa shape index (κ1) is 21.3. The summed E-state index contributed by atoms with van der Waals surface area (Å²) in [6.45, 7) is 7.15. The standard InChI is InChI=1S/C22H34N6OS/c1-2-19-8-3-4-12-26(19)15-7-11-23-20(29)18-9-16-28(17-10-18)22-25-24-21(30-22)27-13-5-6-14-27/h5-6,13-14,18-19H,2-4,7-12,15-17H2,1H3,(H,23,29)/t19-/m1/s1. The zero-order valence-corrected chi connectivity index (χ0v) is 18.8. The van der Waals surface area contributed by atoms with E-state index in [4.69, 9.17) is 0 Å². The van der Waals surface area contributed by atoms with Crippen LogP contribution in [-0.4, -0.2) is 64.3 Å². The molecule has 164 valence electrons. The largest absolute Gasteiger partial charge is 0.356 e. The van der Waals surface area contributed by atoms with Gasteiger partial charge < -0.3 is 15.1 Å². The fourth-order valence-corrected chi connectivity index (χ4v) is 5.56. The first-order valence-electron chi connectivity index (χ1n) is 11.5. The molecule has 2 fully saturated rings. The molecule has 0 saturated carbocycles. The summed E-state index contributed by atoms with van der Waals surface area (Å²) in [4.78, 5) is 17.5. The Balaban J connectivity index is 1.16. The van der Waals surface area contributed by atoms with Crippen molar-refractivity contribution in [1.82, 2.24) is 25.0 Å². The number of anilines is 1. The van der Waals surface area contributed by atoms with Crippen LogP contribution < -0.4 is 10.2 Å². The maximum absolute atomic E-state index is 12.6. The SMILES string of the molecule is CC[C@@H]1CCCCN1CCCNC(=O)C1CCN(c2nnc(-n3cccc3)s2)CC1. The molecule has 7 nitrogen and oxygen atoms in total. The summed E-state index contributed by atoms with van der Waals surface area (Å²) in [6.07, 6.45) is 12.0. The highest BCUT2D eigenvalue weighted by Gasteiger charge is 2.27. The number of nitrogens with one attached hydrogen (secondary N) is 1. The molecule has 4 heterocycles. The lowest BCUT2D eigenvalue weighted by Crippen LogP contribution is -2.42. The molecule has 2 aliphatic rings. The van der Waals surface area contributed by atoms with Crippen molar-refractivity contribution in [2.75, 3.05) is 37.6 Å². The van der Waals surface area contributed by atoms with Gasteiger partial charge in [0.1, 0.15) is 0 Å². The Bertz CT molecular complexity index is 783. The van der Waals surface area contributed by atoms with E-state index in [1.165, 1.54) is 32.2 Å². The fourth-order valence-electron chi connectivity index (χ4n) is 4.69. The van der Waals surface area contributed by atoms with E-state index in [1.807, 2.05) is 29.1 Å².